The fourth-order valence-corrected chi connectivity index (χ4v) is 4.09. The largest absolute Gasteiger partial charge is 0.495 e. The van der Waals surface area contributed by atoms with E-state index in [1.165, 1.54) is 44.5 Å². The molecule has 2 N–H and O–H groups in total. The van der Waals surface area contributed by atoms with Crippen molar-refractivity contribution in [3.8, 4) is 5.75 Å². The lowest BCUT2D eigenvalue weighted by Crippen LogP contribution is -2.34. The molecule has 0 aliphatic carbocycles. The monoisotopic (exact) mass is 461 g/mol. The Morgan fingerprint density at radius 3 is 2.38 bits per heavy atom. The third-order valence-corrected chi connectivity index (χ3v) is 6.77. The summed E-state index contributed by atoms with van der Waals surface area (Å²) >= 11 is 6.01. The number of nitrogens with zero attached hydrogens (tertiary/aromatic N) is 1. The van der Waals surface area contributed by atoms with Crippen molar-refractivity contribution < 1.29 is 26.4 Å². The maximum absolute atomic E-state index is 12.8. The Bertz CT molecular complexity index is 1120. The van der Waals surface area contributed by atoms with Gasteiger partial charge in [0, 0.05) is 12.7 Å². The third kappa shape index (κ3) is 6.07. The number of methoxy groups -OCH3 is 1. The predicted octanol–water partition coefficient (Wildman–Crippen LogP) is 1.98. The van der Waals surface area contributed by atoms with Crippen LogP contribution in [-0.4, -0.2) is 54.0 Å². The Morgan fingerprint density at radius 1 is 1.14 bits per heavy atom. The highest BCUT2D eigenvalue weighted by Gasteiger charge is 2.22. The molecule has 1 amide bonds. The first-order valence-corrected chi connectivity index (χ1v) is 11.8. The van der Waals surface area contributed by atoms with Crippen LogP contribution < -0.4 is 14.8 Å². The average Bonchev–Trinajstić information content (AvgIpc) is 2.62. The molecule has 0 spiro atoms. The normalized spacial score (nSPS) is 11.9. The highest BCUT2D eigenvalue weighted by atomic mass is 35.5. The molecule has 0 fully saturated rings. The summed E-state index contributed by atoms with van der Waals surface area (Å²) in [4.78, 5) is 11.9. The highest BCUT2D eigenvalue weighted by Crippen LogP contribution is 2.30. The highest BCUT2D eigenvalue weighted by molar-refractivity contribution is 7.92. The molecule has 12 heteroatoms. The zero-order chi connectivity index (χ0) is 21.8. The van der Waals surface area contributed by atoms with Crippen LogP contribution in [0, 0.1) is 0 Å². The molecule has 2 rings (SSSR count). The van der Waals surface area contributed by atoms with E-state index in [-0.39, 0.29) is 27.0 Å². The first-order valence-electron chi connectivity index (χ1n) is 8.10. The molecule has 2 aromatic rings. The minimum Gasteiger partial charge on any atom is -0.495 e. The smallest absolute Gasteiger partial charge is 0.265 e. The molecular formula is C17H20ClN3O6S2. The maximum atomic E-state index is 12.8. The van der Waals surface area contributed by atoms with Crippen LogP contribution in [-0.2, 0) is 24.8 Å². The summed E-state index contributed by atoms with van der Waals surface area (Å²) in [5, 5.41) is 2.68. The van der Waals surface area contributed by atoms with E-state index in [9.17, 15) is 21.6 Å². The van der Waals surface area contributed by atoms with Crippen molar-refractivity contribution in [2.75, 3.05) is 37.0 Å². The number of nitrogens with one attached hydrogen (secondary N) is 2. The van der Waals surface area contributed by atoms with E-state index in [4.69, 9.17) is 16.3 Å². The number of ether oxygens (including phenoxy) is 1. The van der Waals surface area contributed by atoms with Gasteiger partial charge in [0.15, 0.2) is 0 Å². The second kappa shape index (κ2) is 8.99. The van der Waals surface area contributed by atoms with Crippen molar-refractivity contribution in [1.82, 2.24) is 4.31 Å². The summed E-state index contributed by atoms with van der Waals surface area (Å²) in [5.74, 6) is -0.582. The number of hydrogen-bond donors (Lipinski definition) is 2. The van der Waals surface area contributed by atoms with Gasteiger partial charge in [-0.25, -0.2) is 16.8 Å². The average molecular weight is 462 g/mol. The summed E-state index contributed by atoms with van der Waals surface area (Å²) in [6, 6.07) is 10.3. The van der Waals surface area contributed by atoms with Crippen molar-refractivity contribution in [3.05, 3.63) is 47.5 Å². The summed E-state index contributed by atoms with van der Waals surface area (Å²) < 4.78 is 56.9. The predicted molar refractivity (Wildman–Crippen MR) is 111 cm³/mol. The summed E-state index contributed by atoms with van der Waals surface area (Å²) in [5.41, 5.74) is 0.331. The van der Waals surface area contributed by atoms with Gasteiger partial charge in [0.2, 0.25) is 15.9 Å². The van der Waals surface area contributed by atoms with Crippen LogP contribution in [0.2, 0.25) is 5.02 Å². The van der Waals surface area contributed by atoms with Crippen LogP contribution in [0.25, 0.3) is 0 Å². The van der Waals surface area contributed by atoms with Gasteiger partial charge in [0.25, 0.3) is 10.0 Å². The molecule has 0 aliphatic rings. The minimum absolute atomic E-state index is 0.0517. The number of carbonyl (C=O) groups is 1. The van der Waals surface area contributed by atoms with Gasteiger partial charge in [-0.05, 0) is 30.3 Å². The number of anilines is 2. The molecule has 158 valence electrons. The Hall–Kier alpha value is -2.34. The molecule has 0 saturated carbocycles. The lowest BCUT2D eigenvalue weighted by Gasteiger charge is -2.16. The van der Waals surface area contributed by atoms with Gasteiger partial charge in [-0.2, -0.15) is 4.31 Å². The van der Waals surface area contributed by atoms with Gasteiger partial charge in [-0.1, -0.05) is 23.7 Å². The van der Waals surface area contributed by atoms with Gasteiger partial charge >= 0.3 is 0 Å². The van der Waals surface area contributed by atoms with E-state index in [1.807, 2.05) is 0 Å². The number of amides is 1. The van der Waals surface area contributed by atoms with Crippen molar-refractivity contribution in [1.29, 1.82) is 0 Å². The van der Waals surface area contributed by atoms with Gasteiger partial charge in [-0.3, -0.25) is 9.52 Å². The summed E-state index contributed by atoms with van der Waals surface area (Å²) in [7, 11) is -5.07. The number of halogens is 1. The van der Waals surface area contributed by atoms with Gasteiger partial charge in [0.1, 0.15) is 10.6 Å². The molecule has 0 bridgehead atoms. The molecule has 0 radical (unpaired) electrons. The Labute approximate surface area is 174 Å². The van der Waals surface area contributed by atoms with E-state index in [0.29, 0.717) is 0 Å². The molecule has 0 aliphatic heterocycles. The number of carbonyl (C=O) groups excluding carboxylic acids is 1. The lowest BCUT2D eigenvalue weighted by molar-refractivity contribution is -0.116. The van der Waals surface area contributed by atoms with E-state index in [1.54, 1.807) is 12.1 Å². The van der Waals surface area contributed by atoms with E-state index in [2.05, 4.69) is 10.0 Å². The van der Waals surface area contributed by atoms with Gasteiger partial charge < -0.3 is 10.1 Å². The first kappa shape index (κ1) is 22.9. The van der Waals surface area contributed by atoms with Crippen molar-refractivity contribution >= 4 is 48.9 Å². The SMILES string of the molecule is COc1ccc(NC(=O)CN(C)S(C)(=O)=O)cc1S(=O)(=O)Nc1ccccc1Cl. The molecule has 9 nitrogen and oxygen atoms in total. The van der Waals surface area contributed by atoms with Crippen molar-refractivity contribution in [2.45, 2.75) is 4.90 Å². The molecule has 2 aromatic carbocycles. The molecule has 0 heterocycles. The summed E-state index contributed by atoms with van der Waals surface area (Å²) in [6.07, 6.45) is 0.971. The first-order chi connectivity index (χ1) is 13.4. The van der Waals surface area contributed by atoms with Crippen LogP contribution in [0.5, 0.6) is 5.75 Å². The standard InChI is InChI=1S/C17H20ClN3O6S2/c1-21(28(3,23)24)11-17(22)19-12-8-9-15(27-2)16(10-12)29(25,26)20-14-7-5-4-6-13(14)18/h4-10,20H,11H2,1-3H3,(H,19,22). The topological polar surface area (TPSA) is 122 Å². The number of sulfonamides is 2. The zero-order valence-electron chi connectivity index (χ0n) is 15.8. The molecule has 29 heavy (non-hydrogen) atoms. The fourth-order valence-electron chi connectivity index (χ4n) is 2.23. The van der Waals surface area contributed by atoms with Crippen molar-refractivity contribution in [2.24, 2.45) is 0 Å². The quantitative estimate of drug-likeness (QED) is 0.619. The Balaban J connectivity index is 2.31. The number of benzene rings is 2. The number of hydrogen-bond acceptors (Lipinski definition) is 6. The maximum Gasteiger partial charge on any atom is 0.265 e. The molecule has 0 atom stereocenters. The van der Waals surface area contributed by atoms with E-state index in [0.717, 1.165) is 10.6 Å². The van der Waals surface area contributed by atoms with Crippen molar-refractivity contribution in [3.63, 3.8) is 0 Å². The second-order valence-electron chi connectivity index (χ2n) is 6.02. The zero-order valence-corrected chi connectivity index (χ0v) is 18.2. The van der Waals surface area contributed by atoms with Crippen LogP contribution >= 0.6 is 11.6 Å². The summed E-state index contributed by atoms with van der Waals surface area (Å²) in [6.45, 7) is -0.426. The third-order valence-electron chi connectivity index (χ3n) is 3.79. The minimum atomic E-state index is -4.10. The molecular weight excluding hydrogens is 442 g/mol. The van der Waals surface area contributed by atoms with Crippen LogP contribution in [0.1, 0.15) is 0 Å². The number of rotatable bonds is 8. The molecule has 0 saturated heterocycles. The van der Waals surface area contributed by atoms with E-state index < -0.39 is 32.5 Å². The number of para-hydroxylation sites is 1. The van der Waals surface area contributed by atoms with Crippen LogP contribution in [0.15, 0.2) is 47.4 Å². The van der Waals surface area contributed by atoms with E-state index >= 15 is 0 Å². The Morgan fingerprint density at radius 2 is 1.79 bits per heavy atom. The molecule has 0 aromatic heterocycles. The lowest BCUT2D eigenvalue weighted by atomic mass is 10.3. The van der Waals surface area contributed by atoms with Crippen LogP contribution in [0.3, 0.4) is 0 Å². The Kier molecular flexibility index (Phi) is 7.11. The van der Waals surface area contributed by atoms with Gasteiger partial charge in [-0.15, -0.1) is 0 Å². The molecule has 0 unspecified atom stereocenters. The number of likely N-dealkylation sites (N-methyl/N-ethyl adjacent to an activating group) is 1. The second-order valence-corrected chi connectivity index (χ2v) is 10.2. The van der Waals surface area contributed by atoms with Gasteiger partial charge in [0.05, 0.1) is 30.6 Å². The fraction of sp³-hybridized carbons (Fsp3) is 0.235. The van der Waals surface area contributed by atoms with Crippen LogP contribution in [0.4, 0.5) is 11.4 Å².